The van der Waals surface area contributed by atoms with Gasteiger partial charge in [0.25, 0.3) is 0 Å². The van der Waals surface area contributed by atoms with Gasteiger partial charge in [-0.2, -0.15) is 0 Å². The molecule has 28 heavy (non-hydrogen) atoms. The lowest BCUT2D eigenvalue weighted by Crippen LogP contribution is -2.60. The van der Waals surface area contributed by atoms with Crippen LogP contribution < -0.4 is 4.74 Å². The number of methoxy groups -OCH3 is 1. The Morgan fingerprint density at radius 3 is 2.36 bits per heavy atom. The normalized spacial score (nSPS) is 27.2. The van der Waals surface area contributed by atoms with Crippen molar-refractivity contribution in [1.29, 1.82) is 0 Å². The van der Waals surface area contributed by atoms with E-state index < -0.39 is 43.3 Å². The molecule has 0 amide bonds. The number of carbonyl (C=O) groups excluding carboxylic acids is 1. The zero-order valence-electron chi connectivity index (χ0n) is 15.0. The molecule has 4 N–H and O–H groups in total. The number of aliphatic hydroxyl groups is 4. The van der Waals surface area contributed by atoms with E-state index in [-0.39, 0.29) is 0 Å². The molecule has 0 unspecified atom stereocenters. The number of pyridine rings is 1. The third kappa shape index (κ3) is 4.13. The molecule has 0 spiro atoms. The zero-order valence-corrected chi connectivity index (χ0v) is 15.0. The molecule has 0 bridgehead atoms. The Morgan fingerprint density at radius 2 is 1.79 bits per heavy atom. The van der Waals surface area contributed by atoms with Gasteiger partial charge in [-0.1, -0.05) is 0 Å². The molecule has 2 heterocycles. The van der Waals surface area contributed by atoms with Gasteiger partial charge in [0.15, 0.2) is 0 Å². The zero-order chi connectivity index (χ0) is 20.3. The van der Waals surface area contributed by atoms with Crippen LogP contribution in [-0.2, 0) is 9.47 Å². The second-order valence-electron chi connectivity index (χ2n) is 6.26. The second kappa shape index (κ2) is 8.63. The average molecular weight is 391 g/mol. The highest BCUT2D eigenvalue weighted by atomic mass is 16.7. The van der Waals surface area contributed by atoms with Gasteiger partial charge in [-0.3, -0.25) is 4.98 Å². The molecule has 1 aromatic heterocycles. The molecule has 3 rings (SSSR count). The minimum absolute atomic E-state index is 0.342. The molecule has 0 saturated carbocycles. The van der Waals surface area contributed by atoms with Crippen LogP contribution in [0.2, 0.25) is 0 Å². The fourth-order valence-electron chi connectivity index (χ4n) is 2.81. The lowest BCUT2D eigenvalue weighted by atomic mass is 9.99. The van der Waals surface area contributed by atoms with Crippen molar-refractivity contribution in [1.82, 2.24) is 4.98 Å². The van der Waals surface area contributed by atoms with Gasteiger partial charge in [0.05, 0.1) is 25.0 Å². The predicted octanol–water partition coefficient (Wildman–Crippen LogP) is -0.286. The van der Waals surface area contributed by atoms with Crippen LogP contribution in [0.15, 0.2) is 42.6 Å². The van der Waals surface area contributed by atoms with E-state index in [0.29, 0.717) is 17.0 Å². The van der Waals surface area contributed by atoms with Crippen molar-refractivity contribution in [3.05, 3.63) is 48.2 Å². The summed E-state index contributed by atoms with van der Waals surface area (Å²) in [5.41, 5.74) is 1.73. The molecule has 1 saturated heterocycles. The summed E-state index contributed by atoms with van der Waals surface area (Å²) in [6.45, 7) is -0.531. The Hall–Kier alpha value is -2.56. The van der Waals surface area contributed by atoms with Gasteiger partial charge in [-0.15, -0.1) is 0 Å². The average Bonchev–Trinajstić information content (AvgIpc) is 2.74. The number of carbonyl (C=O) groups is 1. The summed E-state index contributed by atoms with van der Waals surface area (Å²) >= 11 is 0. The molecule has 1 aliphatic rings. The number of hydrogen-bond donors (Lipinski definition) is 4. The first-order chi connectivity index (χ1) is 13.4. The minimum atomic E-state index is -1.51. The number of benzene rings is 1. The molecule has 1 aromatic carbocycles. The summed E-state index contributed by atoms with van der Waals surface area (Å²) < 4.78 is 15.5. The molecule has 1 aliphatic heterocycles. The van der Waals surface area contributed by atoms with Crippen molar-refractivity contribution < 1.29 is 39.4 Å². The van der Waals surface area contributed by atoms with Crippen LogP contribution in [0.25, 0.3) is 11.3 Å². The fourth-order valence-corrected chi connectivity index (χ4v) is 2.81. The molecular formula is C19H21NO8. The maximum atomic E-state index is 11.4. The number of esters is 1. The van der Waals surface area contributed by atoms with Gasteiger partial charge in [0.2, 0.25) is 6.29 Å². The first-order valence-electron chi connectivity index (χ1n) is 8.56. The number of aliphatic hydroxyl groups excluding tert-OH is 4. The van der Waals surface area contributed by atoms with Gasteiger partial charge >= 0.3 is 5.97 Å². The van der Waals surface area contributed by atoms with E-state index in [4.69, 9.17) is 9.47 Å². The van der Waals surface area contributed by atoms with Gasteiger partial charge in [0, 0.05) is 11.8 Å². The molecule has 2 aromatic rings. The summed E-state index contributed by atoms with van der Waals surface area (Å²) in [4.78, 5) is 15.7. The SMILES string of the molecule is COC(=O)c1ccc(-c2ccc(O[C@H]3O[C@H](CO)[C@@H](O)[C@H](O)[C@@H]3O)cc2)nc1. The standard InChI is InChI=1S/C19H21NO8/c1-26-18(25)11-4-7-13(20-8-11)10-2-5-12(6-3-10)27-19-17(24)16(23)15(22)14(9-21)28-19/h2-8,14-17,19,21-24H,9H2,1H3/t14-,15-,16+,17+,19+/m1/s1. The number of nitrogens with zero attached hydrogens (tertiary/aromatic N) is 1. The van der Waals surface area contributed by atoms with E-state index in [0.717, 1.165) is 5.56 Å². The molecule has 5 atom stereocenters. The molecule has 9 heteroatoms. The number of aromatic nitrogens is 1. The Labute approximate surface area is 160 Å². The molecule has 1 fully saturated rings. The molecule has 0 aliphatic carbocycles. The van der Waals surface area contributed by atoms with Crippen LogP contribution >= 0.6 is 0 Å². The van der Waals surface area contributed by atoms with Crippen LogP contribution in [0.1, 0.15) is 10.4 Å². The van der Waals surface area contributed by atoms with Gasteiger partial charge in [0.1, 0.15) is 30.2 Å². The summed E-state index contributed by atoms with van der Waals surface area (Å²) in [6.07, 6.45) is -5.31. The quantitative estimate of drug-likeness (QED) is 0.507. The van der Waals surface area contributed by atoms with Crippen molar-refractivity contribution in [2.75, 3.05) is 13.7 Å². The predicted molar refractivity (Wildman–Crippen MR) is 95.4 cm³/mol. The van der Waals surface area contributed by atoms with Gasteiger partial charge in [-0.25, -0.2) is 4.79 Å². The molecule has 0 radical (unpaired) electrons. The largest absolute Gasteiger partial charge is 0.465 e. The smallest absolute Gasteiger partial charge is 0.339 e. The van der Waals surface area contributed by atoms with E-state index >= 15 is 0 Å². The summed E-state index contributed by atoms with van der Waals surface area (Å²) in [5, 5.41) is 38.8. The maximum Gasteiger partial charge on any atom is 0.339 e. The topological polar surface area (TPSA) is 139 Å². The van der Waals surface area contributed by atoms with E-state index in [1.165, 1.54) is 13.3 Å². The van der Waals surface area contributed by atoms with Crippen LogP contribution in [0.3, 0.4) is 0 Å². The van der Waals surface area contributed by atoms with E-state index in [2.05, 4.69) is 9.72 Å². The number of ether oxygens (including phenoxy) is 3. The first kappa shape index (κ1) is 20.2. The maximum absolute atomic E-state index is 11.4. The highest BCUT2D eigenvalue weighted by Gasteiger charge is 2.44. The van der Waals surface area contributed by atoms with Gasteiger partial charge in [-0.05, 0) is 36.4 Å². The third-order valence-corrected chi connectivity index (χ3v) is 4.44. The fraction of sp³-hybridized carbons (Fsp3) is 0.368. The Morgan fingerprint density at radius 1 is 1.07 bits per heavy atom. The van der Waals surface area contributed by atoms with Gasteiger partial charge < -0.3 is 34.6 Å². The van der Waals surface area contributed by atoms with E-state index in [1.807, 2.05) is 0 Å². The van der Waals surface area contributed by atoms with Crippen molar-refractivity contribution in [2.24, 2.45) is 0 Å². The molecule has 9 nitrogen and oxygen atoms in total. The Bertz CT molecular complexity index is 793. The second-order valence-corrected chi connectivity index (χ2v) is 6.26. The van der Waals surface area contributed by atoms with Crippen molar-refractivity contribution >= 4 is 5.97 Å². The summed E-state index contributed by atoms with van der Waals surface area (Å²) in [6, 6.07) is 9.96. The molecule has 150 valence electrons. The van der Waals surface area contributed by atoms with Crippen molar-refractivity contribution in [2.45, 2.75) is 30.7 Å². The van der Waals surface area contributed by atoms with Crippen LogP contribution in [0.4, 0.5) is 0 Å². The van der Waals surface area contributed by atoms with E-state index in [9.17, 15) is 25.2 Å². The Kier molecular flexibility index (Phi) is 6.22. The third-order valence-electron chi connectivity index (χ3n) is 4.44. The number of rotatable bonds is 5. The van der Waals surface area contributed by atoms with Crippen LogP contribution in [0.5, 0.6) is 5.75 Å². The van der Waals surface area contributed by atoms with Crippen molar-refractivity contribution in [3.8, 4) is 17.0 Å². The van der Waals surface area contributed by atoms with E-state index in [1.54, 1.807) is 36.4 Å². The summed E-state index contributed by atoms with van der Waals surface area (Å²) in [7, 11) is 1.30. The van der Waals surface area contributed by atoms with Crippen molar-refractivity contribution in [3.63, 3.8) is 0 Å². The van der Waals surface area contributed by atoms with Crippen LogP contribution in [-0.4, -0.2) is 75.8 Å². The monoisotopic (exact) mass is 391 g/mol. The van der Waals surface area contributed by atoms with Crippen LogP contribution in [0, 0.1) is 0 Å². The highest BCUT2D eigenvalue weighted by Crippen LogP contribution is 2.26. The lowest BCUT2D eigenvalue weighted by Gasteiger charge is -2.39. The first-order valence-corrected chi connectivity index (χ1v) is 8.56. The number of hydrogen-bond acceptors (Lipinski definition) is 9. The Balaban J connectivity index is 1.70. The molecular weight excluding hydrogens is 370 g/mol. The lowest BCUT2D eigenvalue weighted by molar-refractivity contribution is -0.277. The minimum Gasteiger partial charge on any atom is -0.465 e. The summed E-state index contributed by atoms with van der Waals surface area (Å²) in [5.74, 6) is -0.124. The highest BCUT2D eigenvalue weighted by molar-refractivity contribution is 5.89.